The molecule has 1 N–H and O–H groups in total. The van der Waals surface area contributed by atoms with Crippen molar-refractivity contribution < 1.29 is 9.59 Å². The number of carbonyl (C=O) groups is 2. The number of piperidine rings is 2. The Kier molecular flexibility index (Phi) is 8.19. The molecule has 3 aliphatic heterocycles. The van der Waals surface area contributed by atoms with Gasteiger partial charge in [-0.25, -0.2) is 0 Å². The number of anilines is 3. The number of hydrogen-bond donors (Lipinski definition) is 1. The summed E-state index contributed by atoms with van der Waals surface area (Å²) in [6.45, 7) is 7.31. The van der Waals surface area contributed by atoms with Gasteiger partial charge in [0.05, 0.1) is 5.69 Å². The second kappa shape index (κ2) is 11.9. The van der Waals surface area contributed by atoms with Crippen LogP contribution in [-0.4, -0.2) is 67.7 Å². The molecule has 0 bridgehead atoms. The van der Waals surface area contributed by atoms with Gasteiger partial charge >= 0.3 is 0 Å². The monoisotopic (exact) mass is 501 g/mol. The predicted octanol–water partition coefficient (Wildman–Crippen LogP) is 4.72. The van der Waals surface area contributed by atoms with E-state index < -0.39 is 0 Å². The van der Waals surface area contributed by atoms with E-state index in [0.29, 0.717) is 19.4 Å². The van der Waals surface area contributed by atoms with Crippen molar-refractivity contribution in [2.75, 3.05) is 54.4 Å². The topological polar surface area (TPSA) is 68.2 Å². The number of para-hydroxylation sites is 1. The Labute approximate surface area is 220 Å². The minimum absolute atomic E-state index is 0.0275. The zero-order chi connectivity index (χ0) is 25.6. The van der Waals surface area contributed by atoms with Crippen molar-refractivity contribution in [2.24, 2.45) is 4.99 Å². The molecule has 3 aliphatic rings. The number of carbonyl (C=O) groups excluding carboxylic acids is 2. The first kappa shape index (κ1) is 25.5. The zero-order valence-electron chi connectivity index (χ0n) is 22.0. The standard InChI is InChI=1S/C30H39N5O2/c1-23-27-8-3-4-9-28(27)35(30(37)22-31-23)19-7-10-29(36)32-24-11-13-25(14-12-24)34-20-15-26(16-21-34)33-17-5-2-6-18-33/h3-4,8-9,11-14,26H,2,5-7,10,15-22H2,1H3,(H,32,36). The summed E-state index contributed by atoms with van der Waals surface area (Å²) in [5.74, 6) is -0.0571. The van der Waals surface area contributed by atoms with E-state index in [1.165, 1.54) is 50.9 Å². The van der Waals surface area contributed by atoms with Gasteiger partial charge in [0.25, 0.3) is 0 Å². The van der Waals surface area contributed by atoms with E-state index in [0.717, 1.165) is 41.8 Å². The minimum Gasteiger partial charge on any atom is -0.371 e. The highest BCUT2D eigenvalue weighted by Crippen LogP contribution is 2.27. The lowest BCUT2D eigenvalue weighted by Crippen LogP contribution is -2.46. The van der Waals surface area contributed by atoms with Crippen LogP contribution in [0.25, 0.3) is 0 Å². The van der Waals surface area contributed by atoms with Crippen LogP contribution in [0, 0.1) is 0 Å². The number of nitrogens with one attached hydrogen (secondary N) is 1. The number of hydrogen-bond acceptors (Lipinski definition) is 5. The number of amides is 2. The van der Waals surface area contributed by atoms with Crippen molar-refractivity contribution in [3.63, 3.8) is 0 Å². The molecule has 0 atom stereocenters. The Hall–Kier alpha value is -3.19. The molecule has 2 amide bonds. The van der Waals surface area contributed by atoms with Crippen molar-refractivity contribution in [1.82, 2.24) is 4.90 Å². The minimum atomic E-state index is -0.0296. The summed E-state index contributed by atoms with van der Waals surface area (Å²) in [5, 5.41) is 3.02. The number of fused-ring (bicyclic) bond motifs is 1. The number of likely N-dealkylation sites (tertiary alicyclic amines) is 1. The molecule has 3 heterocycles. The van der Waals surface area contributed by atoms with Crippen LogP contribution >= 0.6 is 0 Å². The maximum absolute atomic E-state index is 12.7. The Bertz CT molecular complexity index is 1120. The smallest absolute Gasteiger partial charge is 0.248 e. The lowest BCUT2D eigenvalue weighted by molar-refractivity contribution is -0.118. The van der Waals surface area contributed by atoms with Crippen molar-refractivity contribution in [3.8, 4) is 0 Å². The van der Waals surface area contributed by atoms with Gasteiger partial charge in [-0.15, -0.1) is 0 Å². The molecule has 2 saturated heterocycles. The highest BCUT2D eigenvalue weighted by molar-refractivity contribution is 6.10. The van der Waals surface area contributed by atoms with E-state index in [2.05, 4.69) is 32.2 Å². The lowest BCUT2D eigenvalue weighted by atomic mass is 9.99. The number of benzene rings is 2. The van der Waals surface area contributed by atoms with Crippen molar-refractivity contribution in [2.45, 2.75) is 57.9 Å². The maximum Gasteiger partial charge on any atom is 0.248 e. The van der Waals surface area contributed by atoms with Gasteiger partial charge in [0, 0.05) is 54.7 Å². The molecule has 0 unspecified atom stereocenters. The number of aliphatic imine (C=N–C) groups is 1. The lowest BCUT2D eigenvalue weighted by Gasteiger charge is -2.41. The van der Waals surface area contributed by atoms with Gasteiger partial charge in [0.15, 0.2) is 0 Å². The molecular weight excluding hydrogens is 462 g/mol. The highest BCUT2D eigenvalue weighted by atomic mass is 16.2. The molecule has 37 heavy (non-hydrogen) atoms. The Morgan fingerprint density at radius 2 is 1.70 bits per heavy atom. The van der Waals surface area contributed by atoms with Crippen LogP contribution in [0.15, 0.2) is 53.5 Å². The third-order valence-electron chi connectivity index (χ3n) is 8.01. The van der Waals surface area contributed by atoms with Crippen LogP contribution in [0.5, 0.6) is 0 Å². The molecule has 7 nitrogen and oxygen atoms in total. The summed E-state index contributed by atoms with van der Waals surface area (Å²) in [6, 6.07) is 16.8. The number of benzodiazepines with no additional fused rings is 1. The van der Waals surface area contributed by atoms with Gasteiger partial charge in [0.1, 0.15) is 6.54 Å². The van der Waals surface area contributed by atoms with Gasteiger partial charge in [0.2, 0.25) is 11.8 Å². The van der Waals surface area contributed by atoms with Crippen molar-refractivity contribution >= 4 is 34.6 Å². The van der Waals surface area contributed by atoms with Crippen molar-refractivity contribution in [3.05, 3.63) is 54.1 Å². The van der Waals surface area contributed by atoms with Crippen LogP contribution in [-0.2, 0) is 9.59 Å². The SMILES string of the molecule is CC1=NCC(=O)N(CCCC(=O)Nc2ccc(N3CCC(N4CCCCC4)CC3)cc2)c2ccccc21. The molecule has 196 valence electrons. The largest absolute Gasteiger partial charge is 0.371 e. The Balaban J connectivity index is 1.08. The van der Waals surface area contributed by atoms with Crippen molar-refractivity contribution in [1.29, 1.82) is 0 Å². The number of rotatable bonds is 7. The van der Waals surface area contributed by atoms with Gasteiger partial charge in [-0.1, -0.05) is 24.6 Å². The Morgan fingerprint density at radius 1 is 0.973 bits per heavy atom. The summed E-state index contributed by atoms with van der Waals surface area (Å²) >= 11 is 0. The molecule has 2 aromatic rings. The van der Waals surface area contributed by atoms with Crippen LogP contribution < -0.4 is 15.1 Å². The van der Waals surface area contributed by atoms with Crippen LogP contribution in [0.2, 0.25) is 0 Å². The van der Waals surface area contributed by atoms with Gasteiger partial charge in [-0.3, -0.25) is 14.6 Å². The third-order valence-corrected chi connectivity index (χ3v) is 8.01. The van der Waals surface area contributed by atoms with E-state index in [1.807, 2.05) is 43.3 Å². The molecule has 0 radical (unpaired) electrons. The highest BCUT2D eigenvalue weighted by Gasteiger charge is 2.26. The predicted molar refractivity (Wildman–Crippen MR) is 151 cm³/mol. The first-order chi connectivity index (χ1) is 18.1. The summed E-state index contributed by atoms with van der Waals surface area (Å²) in [6.07, 6.45) is 7.51. The zero-order valence-corrected chi connectivity index (χ0v) is 22.0. The summed E-state index contributed by atoms with van der Waals surface area (Å²) in [4.78, 5) is 36.6. The van der Waals surface area contributed by atoms with Gasteiger partial charge in [-0.05, 0) is 82.4 Å². The van der Waals surface area contributed by atoms with Gasteiger partial charge < -0.3 is 20.0 Å². The van der Waals surface area contributed by atoms with Crippen LogP contribution in [0.1, 0.15) is 57.4 Å². The second-order valence-electron chi connectivity index (χ2n) is 10.5. The fraction of sp³-hybridized carbons (Fsp3) is 0.500. The molecule has 0 aliphatic carbocycles. The maximum atomic E-state index is 12.7. The van der Waals surface area contributed by atoms with Gasteiger partial charge in [-0.2, -0.15) is 0 Å². The molecule has 7 heteroatoms. The average Bonchev–Trinajstić information content (AvgIpc) is 3.06. The molecular formula is C30H39N5O2. The first-order valence-electron chi connectivity index (χ1n) is 13.9. The van der Waals surface area contributed by atoms with Crippen LogP contribution in [0.4, 0.5) is 17.1 Å². The van der Waals surface area contributed by atoms with E-state index in [4.69, 9.17) is 0 Å². The normalized spacial score (nSPS) is 19.3. The summed E-state index contributed by atoms with van der Waals surface area (Å²) in [5.41, 5.74) is 4.78. The summed E-state index contributed by atoms with van der Waals surface area (Å²) in [7, 11) is 0. The molecule has 2 fully saturated rings. The average molecular weight is 502 g/mol. The molecule has 5 rings (SSSR count). The third kappa shape index (κ3) is 6.21. The fourth-order valence-electron chi connectivity index (χ4n) is 5.90. The molecule has 0 aromatic heterocycles. The molecule has 0 spiro atoms. The summed E-state index contributed by atoms with van der Waals surface area (Å²) < 4.78 is 0. The van der Waals surface area contributed by atoms with Crippen LogP contribution in [0.3, 0.4) is 0 Å². The van der Waals surface area contributed by atoms with E-state index >= 15 is 0 Å². The van der Waals surface area contributed by atoms with E-state index in [9.17, 15) is 9.59 Å². The van der Waals surface area contributed by atoms with E-state index in [-0.39, 0.29) is 18.4 Å². The second-order valence-corrected chi connectivity index (χ2v) is 10.5. The Morgan fingerprint density at radius 3 is 2.46 bits per heavy atom. The number of nitrogens with zero attached hydrogens (tertiary/aromatic N) is 4. The first-order valence-corrected chi connectivity index (χ1v) is 13.9. The molecule has 0 saturated carbocycles. The fourth-order valence-corrected chi connectivity index (χ4v) is 5.90. The quantitative estimate of drug-likeness (QED) is 0.596. The molecule has 2 aromatic carbocycles. The van der Waals surface area contributed by atoms with E-state index in [1.54, 1.807) is 4.90 Å².